The first-order valence-corrected chi connectivity index (χ1v) is 9.16. The summed E-state index contributed by atoms with van der Waals surface area (Å²) in [6.07, 6.45) is 3.14. The Balaban J connectivity index is 1.64. The van der Waals surface area contributed by atoms with Gasteiger partial charge >= 0.3 is 0 Å². The number of fused-ring (bicyclic) bond motifs is 2. The maximum absolute atomic E-state index is 4.94. The second-order valence-electron chi connectivity index (χ2n) is 6.82. The zero-order valence-corrected chi connectivity index (χ0v) is 15.6. The number of imidazole rings is 2. The van der Waals surface area contributed by atoms with Crippen molar-refractivity contribution in [2.75, 3.05) is 5.32 Å². The molecule has 0 aliphatic carbocycles. The molecule has 0 radical (unpaired) electrons. The molecule has 0 spiro atoms. The van der Waals surface area contributed by atoms with Crippen LogP contribution in [0.3, 0.4) is 0 Å². The van der Waals surface area contributed by atoms with Crippen molar-refractivity contribution in [3.63, 3.8) is 0 Å². The predicted molar refractivity (Wildman–Crippen MR) is 110 cm³/mol. The van der Waals surface area contributed by atoms with E-state index < -0.39 is 0 Å². The number of aromatic nitrogens is 6. The Morgan fingerprint density at radius 2 is 1.89 bits per heavy atom. The Hall–Kier alpha value is -3.74. The predicted octanol–water partition coefficient (Wildman–Crippen LogP) is 4.17. The van der Waals surface area contributed by atoms with Gasteiger partial charge in [-0.05, 0) is 43.7 Å². The summed E-state index contributed by atoms with van der Waals surface area (Å²) in [5, 5.41) is 3.47. The van der Waals surface area contributed by atoms with Crippen molar-refractivity contribution >= 4 is 28.0 Å². The van der Waals surface area contributed by atoms with Gasteiger partial charge in [0.1, 0.15) is 17.7 Å². The van der Waals surface area contributed by atoms with Gasteiger partial charge < -0.3 is 10.3 Å². The first-order valence-electron chi connectivity index (χ1n) is 9.16. The molecule has 5 aromatic rings. The highest BCUT2D eigenvalue weighted by atomic mass is 15.2. The van der Waals surface area contributed by atoms with Crippen LogP contribution in [0.2, 0.25) is 0 Å². The molecule has 2 aromatic carbocycles. The van der Waals surface area contributed by atoms with E-state index in [0.29, 0.717) is 11.5 Å². The van der Waals surface area contributed by atoms with Crippen molar-refractivity contribution in [3.05, 3.63) is 72.6 Å². The Labute approximate surface area is 161 Å². The number of hydrogen-bond donors (Lipinski definition) is 2. The van der Waals surface area contributed by atoms with Crippen LogP contribution in [-0.2, 0) is 0 Å². The standard InChI is InChI=1S/C21H19N7/c1-13-8-9-17-16(10-13)27-21(28(17)15-6-4-3-5-7-15)14(2)26-20-18-19(23-11-22-18)24-12-25-20/h3-12,14H,1-2H3,(H2,22,23,24,25,26). The highest BCUT2D eigenvalue weighted by Crippen LogP contribution is 2.28. The monoisotopic (exact) mass is 369 g/mol. The van der Waals surface area contributed by atoms with E-state index in [1.165, 1.54) is 11.9 Å². The summed E-state index contributed by atoms with van der Waals surface area (Å²) >= 11 is 0. The van der Waals surface area contributed by atoms with Gasteiger partial charge in [-0.1, -0.05) is 24.3 Å². The van der Waals surface area contributed by atoms with Crippen molar-refractivity contribution < 1.29 is 0 Å². The number of nitrogens with zero attached hydrogens (tertiary/aromatic N) is 5. The Morgan fingerprint density at radius 1 is 1.04 bits per heavy atom. The number of aryl methyl sites for hydroxylation is 1. The molecular weight excluding hydrogens is 350 g/mol. The first-order chi connectivity index (χ1) is 13.7. The summed E-state index contributed by atoms with van der Waals surface area (Å²) in [7, 11) is 0. The van der Waals surface area contributed by atoms with Gasteiger partial charge in [-0.3, -0.25) is 4.57 Å². The Morgan fingerprint density at radius 3 is 2.75 bits per heavy atom. The lowest BCUT2D eigenvalue weighted by molar-refractivity contribution is 0.769. The van der Waals surface area contributed by atoms with Crippen molar-refractivity contribution in [1.82, 2.24) is 29.5 Å². The van der Waals surface area contributed by atoms with Crippen molar-refractivity contribution in [2.45, 2.75) is 19.9 Å². The molecule has 0 bridgehead atoms. The largest absolute Gasteiger partial charge is 0.358 e. The molecular formula is C21H19N7. The Bertz CT molecular complexity index is 1270. The fourth-order valence-corrected chi connectivity index (χ4v) is 3.49. The van der Waals surface area contributed by atoms with Crippen LogP contribution in [0.15, 0.2) is 61.2 Å². The van der Waals surface area contributed by atoms with Gasteiger partial charge in [0.05, 0.1) is 23.4 Å². The average Bonchev–Trinajstić information content (AvgIpc) is 3.33. The molecule has 7 nitrogen and oxygen atoms in total. The number of rotatable bonds is 4. The van der Waals surface area contributed by atoms with Gasteiger partial charge in [0.2, 0.25) is 0 Å². The Kier molecular flexibility index (Phi) is 3.79. The first kappa shape index (κ1) is 16.4. The van der Waals surface area contributed by atoms with Crippen LogP contribution in [-0.4, -0.2) is 29.5 Å². The zero-order valence-electron chi connectivity index (χ0n) is 15.6. The van der Waals surface area contributed by atoms with Crippen molar-refractivity contribution in [1.29, 1.82) is 0 Å². The zero-order chi connectivity index (χ0) is 19.1. The summed E-state index contributed by atoms with van der Waals surface area (Å²) < 4.78 is 2.19. The number of H-pyrrole nitrogens is 1. The maximum atomic E-state index is 4.94. The summed E-state index contributed by atoms with van der Waals surface area (Å²) in [4.78, 5) is 20.8. The molecule has 7 heteroatoms. The molecule has 0 aliphatic rings. The molecule has 0 aliphatic heterocycles. The van der Waals surface area contributed by atoms with E-state index in [1.54, 1.807) is 6.33 Å². The lowest BCUT2D eigenvalue weighted by atomic mass is 10.2. The van der Waals surface area contributed by atoms with Gasteiger partial charge in [-0.2, -0.15) is 0 Å². The smallest absolute Gasteiger partial charge is 0.182 e. The fourth-order valence-electron chi connectivity index (χ4n) is 3.49. The number of aromatic amines is 1. The van der Waals surface area contributed by atoms with E-state index in [-0.39, 0.29) is 6.04 Å². The molecule has 3 aromatic heterocycles. The number of benzene rings is 2. The topological polar surface area (TPSA) is 84.3 Å². The van der Waals surface area contributed by atoms with Crippen molar-refractivity contribution in [3.8, 4) is 5.69 Å². The molecule has 0 saturated carbocycles. The number of para-hydroxylation sites is 1. The van der Waals surface area contributed by atoms with E-state index in [1.807, 2.05) is 18.2 Å². The lowest BCUT2D eigenvalue weighted by Gasteiger charge is -2.17. The number of nitrogens with one attached hydrogen (secondary N) is 2. The molecule has 2 N–H and O–H groups in total. The molecule has 0 fully saturated rings. The summed E-state index contributed by atoms with van der Waals surface area (Å²) in [5.41, 5.74) is 5.74. The minimum absolute atomic E-state index is 0.0886. The van der Waals surface area contributed by atoms with Gasteiger partial charge in [-0.25, -0.2) is 19.9 Å². The van der Waals surface area contributed by atoms with Crippen LogP contribution in [0.25, 0.3) is 27.9 Å². The van der Waals surface area contributed by atoms with Crippen LogP contribution in [0.1, 0.15) is 24.4 Å². The van der Waals surface area contributed by atoms with Crippen LogP contribution >= 0.6 is 0 Å². The molecule has 3 heterocycles. The van der Waals surface area contributed by atoms with Gasteiger partial charge in [-0.15, -0.1) is 0 Å². The molecule has 28 heavy (non-hydrogen) atoms. The van der Waals surface area contributed by atoms with E-state index >= 15 is 0 Å². The molecule has 138 valence electrons. The summed E-state index contributed by atoms with van der Waals surface area (Å²) in [5.74, 6) is 1.62. The highest BCUT2D eigenvalue weighted by molar-refractivity contribution is 5.82. The van der Waals surface area contributed by atoms with Crippen molar-refractivity contribution in [2.24, 2.45) is 0 Å². The molecule has 1 atom stereocenters. The molecule has 0 amide bonds. The summed E-state index contributed by atoms with van der Waals surface area (Å²) in [6.45, 7) is 4.16. The quantitative estimate of drug-likeness (QED) is 0.497. The van der Waals surface area contributed by atoms with E-state index in [2.05, 4.69) is 74.0 Å². The highest BCUT2D eigenvalue weighted by Gasteiger charge is 2.19. The van der Waals surface area contributed by atoms with Gasteiger partial charge in [0, 0.05) is 5.69 Å². The fraction of sp³-hybridized carbons (Fsp3) is 0.143. The maximum Gasteiger partial charge on any atom is 0.182 e. The molecule has 1 unspecified atom stereocenters. The third-order valence-electron chi connectivity index (χ3n) is 4.81. The van der Waals surface area contributed by atoms with Crippen LogP contribution in [0, 0.1) is 6.92 Å². The SMILES string of the molecule is Cc1ccc2c(c1)nc(C(C)Nc1ncnc3nc[nH]c13)n2-c1ccccc1. The third kappa shape index (κ3) is 2.68. The van der Waals surface area contributed by atoms with Gasteiger partial charge in [0.15, 0.2) is 11.5 Å². The second-order valence-corrected chi connectivity index (χ2v) is 6.82. The number of hydrogen-bond acceptors (Lipinski definition) is 5. The van der Waals surface area contributed by atoms with E-state index in [0.717, 1.165) is 28.1 Å². The van der Waals surface area contributed by atoms with Crippen LogP contribution < -0.4 is 5.32 Å². The van der Waals surface area contributed by atoms with Crippen LogP contribution in [0.5, 0.6) is 0 Å². The average molecular weight is 369 g/mol. The summed E-state index contributed by atoms with van der Waals surface area (Å²) in [6, 6.07) is 16.5. The second kappa shape index (κ2) is 6.45. The van der Waals surface area contributed by atoms with E-state index in [9.17, 15) is 0 Å². The minimum atomic E-state index is -0.0886. The minimum Gasteiger partial charge on any atom is -0.358 e. The van der Waals surface area contributed by atoms with Crippen LogP contribution in [0.4, 0.5) is 5.82 Å². The molecule has 5 rings (SSSR count). The van der Waals surface area contributed by atoms with Gasteiger partial charge in [0.25, 0.3) is 0 Å². The normalized spacial score (nSPS) is 12.5. The third-order valence-corrected chi connectivity index (χ3v) is 4.81. The van der Waals surface area contributed by atoms with E-state index in [4.69, 9.17) is 4.98 Å². The molecule has 0 saturated heterocycles. The lowest BCUT2D eigenvalue weighted by Crippen LogP contribution is -2.14. The number of anilines is 1.